The van der Waals surface area contributed by atoms with Crippen LogP contribution in [0.4, 0.5) is 0 Å². The van der Waals surface area contributed by atoms with Gasteiger partial charge in [-0.15, -0.1) is 6.58 Å². The van der Waals surface area contributed by atoms with Crippen LogP contribution in [0.2, 0.25) is 0 Å². The Morgan fingerprint density at radius 3 is 2.03 bits per heavy atom. The first-order chi connectivity index (χ1) is 18.6. The van der Waals surface area contributed by atoms with E-state index in [1.54, 1.807) is 23.1 Å². The molecule has 0 aliphatic rings. The predicted molar refractivity (Wildman–Crippen MR) is 149 cm³/mol. The van der Waals surface area contributed by atoms with Crippen molar-refractivity contribution in [3.05, 3.63) is 139 Å². The zero-order valence-electron chi connectivity index (χ0n) is 21.5. The van der Waals surface area contributed by atoms with Gasteiger partial charge in [-0.25, -0.2) is 0 Å². The van der Waals surface area contributed by atoms with E-state index in [0.29, 0.717) is 25.4 Å². The van der Waals surface area contributed by atoms with E-state index < -0.39 is 0 Å². The van der Waals surface area contributed by atoms with Gasteiger partial charge in [-0.1, -0.05) is 84.9 Å². The lowest BCUT2D eigenvalue weighted by atomic mass is 10.2. The van der Waals surface area contributed by atoms with Crippen LogP contribution in [0.15, 0.2) is 122 Å². The summed E-state index contributed by atoms with van der Waals surface area (Å²) >= 11 is 0. The molecule has 1 aromatic heterocycles. The molecule has 0 saturated carbocycles. The number of carbonyl (C=O) groups excluding carboxylic acids is 2. The molecule has 6 heteroatoms. The Morgan fingerprint density at radius 2 is 1.37 bits per heavy atom. The summed E-state index contributed by atoms with van der Waals surface area (Å²) < 4.78 is 7.79. The number of carbonyl (C=O) groups is 2. The van der Waals surface area contributed by atoms with E-state index >= 15 is 0 Å². The SMILES string of the molecule is C=CCN(CC(=O)N(Cc1ccccc1)Cc1cccn1Cc1ccccc1)C(=O)COc1ccccc1. The molecular formula is C32H33N3O3. The van der Waals surface area contributed by atoms with Gasteiger partial charge in [0.15, 0.2) is 6.61 Å². The third-order valence-corrected chi connectivity index (χ3v) is 6.17. The van der Waals surface area contributed by atoms with Gasteiger partial charge in [-0.05, 0) is 35.4 Å². The minimum absolute atomic E-state index is 0.0603. The minimum atomic E-state index is -0.269. The van der Waals surface area contributed by atoms with Crippen molar-refractivity contribution >= 4 is 11.8 Å². The molecule has 0 radical (unpaired) electrons. The summed E-state index contributed by atoms with van der Waals surface area (Å²) in [4.78, 5) is 29.9. The summed E-state index contributed by atoms with van der Waals surface area (Å²) in [5.74, 6) is 0.195. The number of hydrogen-bond acceptors (Lipinski definition) is 3. The van der Waals surface area contributed by atoms with Gasteiger partial charge in [0.1, 0.15) is 12.3 Å². The Kier molecular flexibility index (Phi) is 9.51. The normalized spacial score (nSPS) is 10.5. The number of para-hydroxylation sites is 1. The second-order valence-electron chi connectivity index (χ2n) is 9.01. The molecule has 6 nitrogen and oxygen atoms in total. The standard InChI is InChI=1S/C32H33N3O3/c1-2-20-34(32(37)26-38-30-18-10-5-11-19-30)25-31(36)35(23-28-15-8-4-9-16-28)24-29-17-12-21-33(29)22-27-13-6-3-7-14-27/h2-19,21H,1,20,22-26H2. The van der Waals surface area contributed by atoms with Gasteiger partial charge in [-0.3, -0.25) is 9.59 Å². The van der Waals surface area contributed by atoms with Crippen molar-refractivity contribution in [2.75, 3.05) is 19.7 Å². The maximum atomic E-state index is 13.7. The minimum Gasteiger partial charge on any atom is -0.484 e. The summed E-state index contributed by atoms with van der Waals surface area (Å²) in [7, 11) is 0. The number of ether oxygens (including phenoxy) is 1. The molecule has 3 aromatic carbocycles. The van der Waals surface area contributed by atoms with Crippen molar-refractivity contribution in [3.63, 3.8) is 0 Å². The smallest absolute Gasteiger partial charge is 0.261 e. The van der Waals surface area contributed by atoms with Crippen LogP contribution in [-0.4, -0.2) is 45.9 Å². The average molecular weight is 508 g/mol. The number of benzene rings is 3. The predicted octanol–water partition coefficient (Wildman–Crippen LogP) is 5.16. The average Bonchev–Trinajstić information content (AvgIpc) is 3.39. The molecule has 0 unspecified atom stereocenters. The molecule has 1 heterocycles. The van der Waals surface area contributed by atoms with Crippen molar-refractivity contribution in [2.45, 2.75) is 19.6 Å². The van der Waals surface area contributed by atoms with Gasteiger partial charge in [0.25, 0.3) is 5.91 Å². The monoisotopic (exact) mass is 507 g/mol. The van der Waals surface area contributed by atoms with Crippen LogP contribution in [-0.2, 0) is 29.2 Å². The number of aromatic nitrogens is 1. The number of amides is 2. The molecular weight excluding hydrogens is 474 g/mol. The highest BCUT2D eigenvalue weighted by atomic mass is 16.5. The van der Waals surface area contributed by atoms with Crippen LogP contribution in [0.5, 0.6) is 5.75 Å². The van der Waals surface area contributed by atoms with E-state index in [1.807, 2.05) is 85.1 Å². The second kappa shape index (κ2) is 13.7. The van der Waals surface area contributed by atoms with E-state index in [4.69, 9.17) is 4.74 Å². The third kappa shape index (κ3) is 7.71. The van der Waals surface area contributed by atoms with Crippen molar-refractivity contribution in [1.29, 1.82) is 0 Å². The molecule has 0 atom stereocenters. The van der Waals surface area contributed by atoms with Crippen molar-refractivity contribution in [3.8, 4) is 5.75 Å². The summed E-state index contributed by atoms with van der Waals surface area (Å²) in [5, 5.41) is 0. The van der Waals surface area contributed by atoms with Crippen LogP contribution in [0.3, 0.4) is 0 Å². The molecule has 0 aliphatic carbocycles. The molecule has 0 N–H and O–H groups in total. The van der Waals surface area contributed by atoms with Crippen LogP contribution >= 0.6 is 0 Å². The van der Waals surface area contributed by atoms with Crippen molar-refractivity contribution < 1.29 is 14.3 Å². The van der Waals surface area contributed by atoms with Gasteiger partial charge < -0.3 is 19.1 Å². The largest absolute Gasteiger partial charge is 0.484 e. The molecule has 0 spiro atoms. The lowest BCUT2D eigenvalue weighted by Crippen LogP contribution is -2.44. The molecule has 0 bridgehead atoms. The first-order valence-electron chi connectivity index (χ1n) is 12.7. The molecule has 4 aromatic rings. The summed E-state index contributed by atoms with van der Waals surface area (Å²) in [6, 6.07) is 33.3. The zero-order chi connectivity index (χ0) is 26.6. The maximum absolute atomic E-state index is 13.7. The first-order valence-corrected chi connectivity index (χ1v) is 12.7. The highest BCUT2D eigenvalue weighted by Gasteiger charge is 2.22. The van der Waals surface area contributed by atoms with Crippen LogP contribution in [0, 0.1) is 0 Å². The lowest BCUT2D eigenvalue weighted by Gasteiger charge is -2.28. The molecule has 4 rings (SSSR count). The molecule has 2 amide bonds. The fourth-order valence-corrected chi connectivity index (χ4v) is 4.19. The van der Waals surface area contributed by atoms with Gasteiger partial charge in [0.05, 0.1) is 6.54 Å². The van der Waals surface area contributed by atoms with Crippen LogP contribution < -0.4 is 4.74 Å². The Bertz CT molecular complexity index is 1300. The molecule has 0 fully saturated rings. The van der Waals surface area contributed by atoms with Gasteiger partial charge in [-0.2, -0.15) is 0 Å². The first kappa shape index (κ1) is 26.5. The number of rotatable bonds is 13. The topological polar surface area (TPSA) is 54.8 Å². The zero-order valence-corrected chi connectivity index (χ0v) is 21.5. The molecule has 0 aliphatic heterocycles. The lowest BCUT2D eigenvalue weighted by molar-refractivity contribution is -0.141. The molecule has 0 saturated heterocycles. The quantitative estimate of drug-likeness (QED) is 0.235. The van der Waals surface area contributed by atoms with Crippen LogP contribution in [0.1, 0.15) is 16.8 Å². The molecule has 194 valence electrons. The number of hydrogen-bond donors (Lipinski definition) is 0. The highest BCUT2D eigenvalue weighted by Crippen LogP contribution is 2.15. The summed E-state index contributed by atoms with van der Waals surface area (Å²) in [5.41, 5.74) is 3.23. The Balaban J connectivity index is 1.48. The van der Waals surface area contributed by atoms with E-state index in [0.717, 1.165) is 11.3 Å². The van der Waals surface area contributed by atoms with E-state index in [1.165, 1.54) is 10.5 Å². The van der Waals surface area contributed by atoms with E-state index in [-0.39, 0.29) is 31.5 Å². The summed E-state index contributed by atoms with van der Waals surface area (Å²) in [6.45, 7) is 5.39. The van der Waals surface area contributed by atoms with Crippen molar-refractivity contribution in [1.82, 2.24) is 14.4 Å². The Hall–Kier alpha value is -4.58. The maximum Gasteiger partial charge on any atom is 0.261 e. The fraction of sp³-hybridized carbons (Fsp3) is 0.188. The third-order valence-electron chi connectivity index (χ3n) is 6.17. The number of nitrogens with zero attached hydrogens (tertiary/aromatic N) is 3. The second-order valence-corrected chi connectivity index (χ2v) is 9.01. The van der Waals surface area contributed by atoms with Crippen LogP contribution in [0.25, 0.3) is 0 Å². The van der Waals surface area contributed by atoms with Gasteiger partial charge in [0.2, 0.25) is 5.91 Å². The van der Waals surface area contributed by atoms with E-state index in [9.17, 15) is 9.59 Å². The molecule has 38 heavy (non-hydrogen) atoms. The Morgan fingerprint density at radius 1 is 0.737 bits per heavy atom. The van der Waals surface area contributed by atoms with Crippen molar-refractivity contribution in [2.24, 2.45) is 0 Å². The van der Waals surface area contributed by atoms with E-state index in [2.05, 4.69) is 23.3 Å². The highest BCUT2D eigenvalue weighted by molar-refractivity contribution is 5.85. The van der Waals surface area contributed by atoms with Gasteiger partial charge in [0, 0.05) is 31.5 Å². The Labute approximate surface area is 224 Å². The van der Waals surface area contributed by atoms with Gasteiger partial charge >= 0.3 is 0 Å². The fourth-order valence-electron chi connectivity index (χ4n) is 4.19. The summed E-state index contributed by atoms with van der Waals surface area (Å²) in [6.07, 6.45) is 3.65.